The van der Waals surface area contributed by atoms with Crippen molar-refractivity contribution < 1.29 is 4.42 Å². The molecule has 0 atom stereocenters. The molecule has 3 nitrogen and oxygen atoms in total. The third-order valence-electron chi connectivity index (χ3n) is 12.8. The molecule has 0 amide bonds. The van der Waals surface area contributed by atoms with Crippen LogP contribution in [0.4, 0.5) is 34.1 Å². The molecule has 0 unspecified atom stereocenters. The first-order valence-electron chi connectivity index (χ1n) is 21.7. The van der Waals surface area contributed by atoms with Gasteiger partial charge in [0, 0.05) is 60.1 Å². The molecular formula is C60H38N2OS. The van der Waals surface area contributed by atoms with Gasteiger partial charge in [-0.3, -0.25) is 0 Å². The highest BCUT2D eigenvalue weighted by Crippen LogP contribution is 2.52. The number of para-hydroxylation sites is 3. The number of nitrogens with zero attached hydrogens (tertiary/aromatic N) is 2. The van der Waals surface area contributed by atoms with Crippen LogP contribution in [0.25, 0.3) is 76.5 Å². The van der Waals surface area contributed by atoms with Gasteiger partial charge in [0.25, 0.3) is 0 Å². The van der Waals surface area contributed by atoms with Gasteiger partial charge in [0.2, 0.25) is 0 Å². The van der Waals surface area contributed by atoms with Crippen molar-refractivity contribution in [2.45, 2.75) is 9.79 Å². The summed E-state index contributed by atoms with van der Waals surface area (Å²) in [5.74, 6) is 0. The minimum Gasteiger partial charge on any atom is -0.456 e. The lowest BCUT2D eigenvalue weighted by Crippen LogP contribution is -2.10. The first-order chi connectivity index (χ1) is 31.7. The van der Waals surface area contributed by atoms with Gasteiger partial charge in [0.05, 0.1) is 0 Å². The van der Waals surface area contributed by atoms with Crippen molar-refractivity contribution >= 4 is 100 Å². The maximum atomic E-state index is 6.19. The molecule has 300 valence electrons. The molecule has 13 rings (SSSR count). The molecule has 12 aromatic rings. The van der Waals surface area contributed by atoms with Crippen LogP contribution in [0, 0.1) is 0 Å². The van der Waals surface area contributed by atoms with Crippen LogP contribution < -0.4 is 9.80 Å². The summed E-state index contributed by atoms with van der Waals surface area (Å²) in [7, 11) is 0. The van der Waals surface area contributed by atoms with Crippen LogP contribution in [0.1, 0.15) is 0 Å². The van der Waals surface area contributed by atoms with Crippen LogP contribution in [0.2, 0.25) is 0 Å². The van der Waals surface area contributed by atoms with E-state index in [1.807, 2.05) is 23.9 Å². The van der Waals surface area contributed by atoms with Crippen LogP contribution in [-0.4, -0.2) is 0 Å². The van der Waals surface area contributed by atoms with Crippen molar-refractivity contribution in [3.05, 3.63) is 231 Å². The van der Waals surface area contributed by atoms with Gasteiger partial charge in [0.15, 0.2) is 0 Å². The number of fused-ring (bicyclic) bond motifs is 8. The predicted octanol–water partition coefficient (Wildman–Crippen LogP) is 17.8. The Labute approximate surface area is 375 Å². The average Bonchev–Trinajstić information content (AvgIpc) is 3.73. The maximum absolute atomic E-state index is 6.19. The fourth-order valence-corrected chi connectivity index (χ4v) is 10.9. The Morgan fingerprint density at radius 1 is 0.297 bits per heavy atom. The topological polar surface area (TPSA) is 19.6 Å². The molecule has 0 saturated heterocycles. The maximum Gasteiger partial charge on any atom is 0.135 e. The minimum atomic E-state index is 0.891. The molecule has 0 bridgehead atoms. The van der Waals surface area contributed by atoms with E-state index in [1.54, 1.807) is 0 Å². The quantitative estimate of drug-likeness (QED) is 0.149. The van der Waals surface area contributed by atoms with Crippen molar-refractivity contribution in [2.75, 3.05) is 9.80 Å². The monoisotopic (exact) mass is 834 g/mol. The lowest BCUT2D eigenvalue weighted by molar-refractivity contribution is 0.669. The van der Waals surface area contributed by atoms with E-state index in [9.17, 15) is 0 Å². The second kappa shape index (κ2) is 14.8. The molecule has 0 aliphatic carbocycles. The molecule has 0 radical (unpaired) electrons. The molecule has 4 heteroatoms. The van der Waals surface area contributed by atoms with Crippen LogP contribution in [0.15, 0.2) is 245 Å². The van der Waals surface area contributed by atoms with Crippen LogP contribution >= 0.6 is 11.8 Å². The van der Waals surface area contributed by atoms with Gasteiger partial charge in [-0.15, -0.1) is 0 Å². The highest BCUT2D eigenvalue weighted by Gasteiger charge is 2.24. The predicted molar refractivity (Wildman–Crippen MR) is 271 cm³/mol. The number of anilines is 6. The van der Waals surface area contributed by atoms with Crippen molar-refractivity contribution in [3.8, 4) is 22.3 Å². The molecule has 0 N–H and O–H groups in total. The summed E-state index contributed by atoms with van der Waals surface area (Å²) in [6, 6.07) is 83.5. The zero-order valence-corrected chi connectivity index (χ0v) is 35.5. The van der Waals surface area contributed by atoms with Gasteiger partial charge in [-0.2, -0.15) is 0 Å². The van der Waals surface area contributed by atoms with E-state index >= 15 is 0 Å². The zero-order valence-electron chi connectivity index (χ0n) is 34.7. The standard InChI is InChI=1S/C60H38N2OS/c1-3-14-44(15-4-1)61(48-31-33-57-54(37-48)50-18-9-10-20-56(50)63-57)46-27-24-40(25-28-46)42-22-23-43-36-55-51-32-30-49(38-59(51)64-58-21-11-19-52(60(55)58)53(43)35-42)62(45-16-5-2-6-17-45)47-29-26-39-12-7-8-13-41(39)34-47/h1-38H. The van der Waals surface area contributed by atoms with E-state index in [0.29, 0.717) is 0 Å². The lowest BCUT2D eigenvalue weighted by atomic mass is 9.91. The molecule has 0 saturated carbocycles. The summed E-state index contributed by atoms with van der Waals surface area (Å²) in [5.41, 5.74) is 13.4. The van der Waals surface area contributed by atoms with Gasteiger partial charge in [-0.25, -0.2) is 0 Å². The third-order valence-corrected chi connectivity index (χ3v) is 13.9. The highest BCUT2D eigenvalue weighted by atomic mass is 32.2. The molecule has 64 heavy (non-hydrogen) atoms. The Morgan fingerprint density at radius 2 is 0.891 bits per heavy atom. The lowest BCUT2D eigenvalue weighted by Gasteiger charge is -2.28. The largest absolute Gasteiger partial charge is 0.456 e. The Kier molecular flexibility index (Phi) is 8.46. The fraction of sp³-hybridized carbons (Fsp3) is 0. The fourth-order valence-electron chi connectivity index (χ4n) is 9.75. The molecular weight excluding hydrogens is 797 g/mol. The van der Waals surface area contributed by atoms with E-state index < -0.39 is 0 Å². The van der Waals surface area contributed by atoms with Crippen LogP contribution in [0.3, 0.4) is 0 Å². The first kappa shape index (κ1) is 36.6. The van der Waals surface area contributed by atoms with Gasteiger partial charge in [-0.1, -0.05) is 139 Å². The Bertz CT molecular complexity index is 3770. The molecule has 11 aromatic carbocycles. The summed E-state index contributed by atoms with van der Waals surface area (Å²) >= 11 is 1.87. The van der Waals surface area contributed by atoms with Gasteiger partial charge >= 0.3 is 0 Å². The second-order valence-electron chi connectivity index (χ2n) is 16.5. The van der Waals surface area contributed by atoms with E-state index in [-0.39, 0.29) is 0 Å². The summed E-state index contributed by atoms with van der Waals surface area (Å²) in [6.45, 7) is 0. The van der Waals surface area contributed by atoms with Crippen molar-refractivity contribution in [1.29, 1.82) is 0 Å². The van der Waals surface area contributed by atoms with Crippen molar-refractivity contribution in [1.82, 2.24) is 0 Å². The molecule has 0 spiro atoms. The third kappa shape index (κ3) is 6.06. The number of hydrogen-bond donors (Lipinski definition) is 0. The number of benzene rings is 11. The molecule has 1 aromatic heterocycles. The van der Waals surface area contributed by atoms with E-state index in [2.05, 4.69) is 228 Å². The van der Waals surface area contributed by atoms with Crippen molar-refractivity contribution in [3.63, 3.8) is 0 Å². The average molecular weight is 835 g/mol. The van der Waals surface area contributed by atoms with Crippen molar-refractivity contribution in [2.24, 2.45) is 0 Å². The summed E-state index contributed by atoms with van der Waals surface area (Å²) in [6.07, 6.45) is 0. The van der Waals surface area contributed by atoms with Crippen LogP contribution in [-0.2, 0) is 0 Å². The van der Waals surface area contributed by atoms with E-state index in [0.717, 1.165) is 56.1 Å². The Balaban J connectivity index is 0.871. The molecule has 2 heterocycles. The highest BCUT2D eigenvalue weighted by molar-refractivity contribution is 7.99. The molecule has 1 aliphatic rings. The number of hydrogen-bond acceptors (Lipinski definition) is 4. The summed E-state index contributed by atoms with van der Waals surface area (Å²) < 4.78 is 6.19. The number of furan rings is 1. The molecule has 0 fully saturated rings. The summed E-state index contributed by atoms with van der Waals surface area (Å²) in [5, 5.41) is 9.80. The Hall–Kier alpha value is -8.05. The van der Waals surface area contributed by atoms with Gasteiger partial charge < -0.3 is 14.2 Å². The SMILES string of the molecule is c1ccc(N(c2ccc3c(c2)Sc2cccc4c2c-3cc2ccc(-c3ccc(N(c5ccccc5)c5ccc6oc7ccccc7c6c5)cc3)cc24)c2ccc3ccccc3c2)cc1. The first-order valence-corrected chi connectivity index (χ1v) is 22.5. The smallest absolute Gasteiger partial charge is 0.135 e. The number of rotatable bonds is 7. The molecule has 1 aliphatic heterocycles. The summed E-state index contributed by atoms with van der Waals surface area (Å²) in [4.78, 5) is 7.24. The minimum absolute atomic E-state index is 0.891. The normalized spacial score (nSPS) is 12.0. The Morgan fingerprint density at radius 3 is 1.72 bits per heavy atom. The van der Waals surface area contributed by atoms with Gasteiger partial charge in [0.1, 0.15) is 11.2 Å². The van der Waals surface area contributed by atoms with E-state index in [1.165, 1.54) is 64.4 Å². The van der Waals surface area contributed by atoms with Gasteiger partial charge in [-0.05, 0) is 152 Å². The zero-order chi connectivity index (χ0) is 42.1. The van der Waals surface area contributed by atoms with E-state index in [4.69, 9.17) is 4.42 Å². The second-order valence-corrected chi connectivity index (χ2v) is 17.6. The van der Waals surface area contributed by atoms with Crippen LogP contribution in [0.5, 0.6) is 0 Å².